The summed E-state index contributed by atoms with van der Waals surface area (Å²) in [5.74, 6) is 0.718. The van der Waals surface area contributed by atoms with Crippen molar-refractivity contribution >= 4 is 41.5 Å². The summed E-state index contributed by atoms with van der Waals surface area (Å²) in [7, 11) is 5.14. The highest BCUT2D eigenvalue weighted by Gasteiger charge is 2.22. The number of fused-ring (bicyclic) bond motifs is 1. The molecule has 0 aromatic heterocycles. The molecule has 6 nitrogen and oxygen atoms in total. The lowest BCUT2D eigenvalue weighted by atomic mass is 10.2. The largest absolute Gasteiger partial charge is 0.383 e. The fourth-order valence-corrected chi connectivity index (χ4v) is 2.34. The molecule has 1 aliphatic rings. The van der Waals surface area contributed by atoms with E-state index in [0.717, 1.165) is 24.6 Å². The molecule has 1 aromatic rings. The van der Waals surface area contributed by atoms with Gasteiger partial charge in [-0.2, -0.15) is 0 Å². The van der Waals surface area contributed by atoms with E-state index in [1.165, 1.54) is 5.56 Å². The summed E-state index contributed by atoms with van der Waals surface area (Å²) < 4.78 is 5.08. The van der Waals surface area contributed by atoms with Crippen LogP contribution in [-0.4, -0.2) is 64.2 Å². The molecule has 0 fully saturated rings. The first-order chi connectivity index (χ1) is 10.6. The Kier molecular flexibility index (Phi) is 8.32. The molecule has 1 aromatic carbocycles. The lowest BCUT2D eigenvalue weighted by Crippen LogP contribution is -2.42. The zero-order valence-corrected chi connectivity index (χ0v) is 16.2. The number of guanidine groups is 1. The van der Waals surface area contributed by atoms with Gasteiger partial charge in [0.15, 0.2) is 5.96 Å². The molecular weight excluding hydrogens is 407 g/mol. The van der Waals surface area contributed by atoms with Crippen molar-refractivity contribution in [3.63, 3.8) is 0 Å². The molecule has 0 spiro atoms. The third-order valence-corrected chi connectivity index (χ3v) is 3.60. The van der Waals surface area contributed by atoms with E-state index in [1.54, 1.807) is 26.1 Å². The topological polar surface area (TPSA) is 57.2 Å². The Morgan fingerprint density at radius 2 is 2.13 bits per heavy atom. The highest BCUT2D eigenvalue weighted by atomic mass is 127. The van der Waals surface area contributed by atoms with Gasteiger partial charge in [-0.05, 0) is 18.1 Å². The Morgan fingerprint density at radius 1 is 1.39 bits per heavy atom. The van der Waals surface area contributed by atoms with E-state index in [4.69, 9.17) is 4.74 Å². The molecule has 0 radical (unpaired) electrons. The minimum Gasteiger partial charge on any atom is -0.383 e. The number of benzene rings is 1. The Morgan fingerprint density at radius 3 is 2.83 bits per heavy atom. The van der Waals surface area contributed by atoms with Gasteiger partial charge in [-0.3, -0.25) is 4.79 Å². The normalized spacial score (nSPS) is 13.3. The molecule has 128 valence electrons. The predicted molar refractivity (Wildman–Crippen MR) is 104 cm³/mol. The highest BCUT2D eigenvalue weighted by molar-refractivity contribution is 14.0. The number of likely N-dealkylation sites (N-methyl/N-ethyl adjacent to an activating group) is 1. The van der Waals surface area contributed by atoms with Crippen LogP contribution >= 0.6 is 24.0 Å². The number of nitrogens with zero attached hydrogens (tertiary/aromatic N) is 3. The summed E-state index contributed by atoms with van der Waals surface area (Å²) in [6, 6.07) is 8.29. The molecule has 23 heavy (non-hydrogen) atoms. The summed E-state index contributed by atoms with van der Waals surface area (Å²) in [4.78, 5) is 20.0. The Bertz CT molecular complexity index is 549. The lowest BCUT2D eigenvalue weighted by Gasteiger charge is -2.23. The number of para-hydroxylation sites is 1. The van der Waals surface area contributed by atoms with E-state index in [2.05, 4.69) is 27.3 Å². The molecule has 0 atom stereocenters. The fraction of sp³-hybridized carbons (Fsp3) is 0.500. The van der Waals surface area contributed by atoms with Crippen LogP contribution in [0, 0.1) is 0 Å². The van der Waals surface area contributed by atoms with Gasteiger partial charge in [0, 0.05) is 40.0 Å². The number of amides is 1. The number of rotatable bonds is 5. The molecule has 7 heteroatoms. The molecule has 1 heterocycles. The van der Waals surface area contributed by atoms with Crippen molar-refractivity contribution in [2.75, 3.05) is 52.3 Å². The smallest absolute Gasteiger partial charge is 0.243 e. The van der Waals surface area contributed by atoms with Crippen molar-refractivity contribution in [2.24, 2.45) is 4.99 Å². The maximum Gasteiger partial charge on any atom is 0.243 e. The van der Waals surface area contributed by atoms with E-state index in [9.17, 15) is 4.79 Å². The second kappa shape index (κ2) is 9.71. The average molecular weight is 432 g/mol. The number of carbonyl (C=O) groups excluding carboxylic acids is 1. The molecular formula is C16H25IN4O2. The van der Waals surface area contributed by atoms with Gasteiger partial charge >= 0.3 is 0 Å². The number of anilines is 1. The second-order valence-corrected chi connectivity index (χ2v) is 5.38. The number of hydrogen-bond acceptors (Lipinski definition) is 3. The maximum atomic E-state index is 11.8. The predicted octanol–water partition coefficient (Wildman–Crippen LogP) is 1.35. The monoisotopic (exact) mass is 432 g/mol. The molecule has 0 saturated carbocycles. The fourth-order valence-electron chi connectivity index (χ4n) is 2.34. The van der Waals surface area contributed by atoms with Crippen LogP contribution in [0.15, 0.2) is 29.3 Å². The molecule has 1 N–H and O–H groups in total. The lowest BCUT2D eigenvalue weighted by molar-refractivity contribution is -0.127. The number of aliphatic imine (C=N–C) groups is 1. The molecule has 0 unspecified atom stereocenters. The van der Waals surface area contributed by atoms with Crippen molar-refractivity contribution in [1.29, 1.82) is 0 Å². The summed E-state index contributed by atoms with van der Waals surface area (Å²) in [6.07, 6.45) is 0.989. The van der Waals surface area contributed by atoms with Crippen LogP contribution in [0.25, 0.3) is 0 Å². The molecule has 0 saturated heterocycles. The maximum absolute atomic E-state index is 11.8. The standard InChI is InChI=1S/C16H24N4O2.HI/c1-19(2)15(21)12-18-16(17-9-11-22-3)20-10-8-13-6-4-5-7-14(13)20;/h4-7H,8-12H2,1-3H3,(H,17,18);1H. The van der Waals surface area contributed by atoms with E-state index in [1.807, 2.05) is 12.1 Å². The summed E-state index contributed by atoms with van der Waals surface area (Å²) in [5.41, 5.74) is 2.46. The van der Waals surface area contributed by atoms with Gasteiger partial charge in [0.05, 0.1) is 6.61 Å². The quantitative estimate of drug-likeness (QED) is 0.331. The minimum atomic E-state index is -0.0153. The van der Waals surface area contributed by atoms with Gasteiger partial charge in [0.25, 0.3) is 0 Å². The van der Waals surface area contributed by atoms with Crippen LogP contribution in [0.4, 0.5) is 5.69 Å². The van der Waals surface area contributed by atoms with E-state index in [0.29, 0.717) is 13.2 Å². The number of methoxy groups -OCH3 is 1. The third-order valence-electron chi connectivity index (χ3n) is 3.60. The summed E-state index contributed by atoms with van der Waals surface area (Å²) in [5, 5.41) is 3.28. The highest BCUT2D eigenvalue weighted by Crippen LogP contribution is 2.27. The van der Waals surface area contributed by atoms with Crippen LogP contribution in [0.2, 0.25) is 0 Å². The van der Waals surface area contributed by atoms with Crippen LogP contribution in [0.1, 0.15) is 5.56 Å². The number of hydrogen-bond donors (Lipinski definition) is 1. The van der Waals surface area contributed by atoms with E-state index < -0.39 is 0 Å². The van der Waals surface area contributed by atoms with Crippen molar-refractivity contribution in [3.05, 3.63) is 29.8 Å². The van der Waals surface area contributed by atoms with Crippen molar-refractivity contribution < 1.29 is 9.53 Å². The number of carbonyl (C=O) groups is 1. The zero-order valence-electron chi connectivity index (χ0n) is 13.9. The van der Waals surface area contributed by atoms with Crippen molar-refractivity contribution in [2.45, 2.75) is 6.42 Å². The average Bonchev–Trinajstić information content (AvgIpc) is 2.94. The Hall–Kier alpha value is -1.35. The second-order valence-electron chi connectivity index (χ2n) is 5.38. The molecule has 0 bridgehead atoms. The Balaban J connectivity index is 0.00000264. The number of ether oxygens (including phenoxy) is 1. The van der Waals surface area contributed by atoms with Crippen molar-refractivity contribution in [1.82, 2.24) is 10.2 Å². The van der Waals surface area contributed by atoms with E-state index >= 15 is 0 Å². The first-order valence-corrected chi connectivity index (χ1v) is 7.46. The third kappa shape index (κ3) is 5.35. The van der Waals surface area contributed by atoms with Crippen LogP contribution in [-0.2, 0) is 16.0 Å². The Labute approximate surface area is 154 Å². The van der Waals surface area contributed by atoms with Gasteiger partial charge < -0.3 is 19.9 Å². The molecule has 1 aliphatic heterocycles. The number of nitrogens with one attached hydrogen (secondary N) is 1. The summed E-state index contributed by atoms with van der Waals surface area (Å²) >= 11 is 0. The zero-order chi connectivity index (χ0) is 15.9. The SMILES string of the molecule is COCCNC(=NCC(=O)N(C)C)N1CCc2ccccc21.I. The van der Waals surface area contributed by atoms with Gasteiger partial charge in [-0.25, -0.2) is 4.99 Å². The van der Waals surface area contributed by atoms with Crippen LogP contribution in [0.3, 0.4) is 0 Å². The van der Waals surface area contributed by atoms with Gasteiger partial charge in [-0.15, -0.1) is 24.0 Å². The summed E-state index contributed by atoms with van der Waals surface area (Å²) in [6.45, 7) is 2.26. The number of halogens is 1. The first kappa shape index (κ1) is 19.7. The van der Waals surface area contributed by atoms with Crippen molar-refractivity contribution in [3.8, 4) is 0 Å². The van der Waals surface area contributed by atoms with Crippen LogP contribution < -0.4 is 10.2 Å². The first-order valence-electron chi connectivity index (χ1n) is 7.46. The van der Waals surface area contributed by atoms with Gasteiger partial charge in [0.1, 0.15) is 6.54 Å². The molecule has 1 amide bonds. The molecule has 0 aliphatic carbocycles. The van der Waals surface area contributed by atoms with Gasteiger partial charge in [0.2, 0.25) is 5.91 Å². The van der Waals surface area contributed by atoms with E-state index in [-0.39, 0.29) is 36.4 Å². The van der Waals surface area contributed by atoms with Crippen LogP contribution in [0.5, 0.6) is 0 Å². The molecule has 2 rings (SSSR count). The minimum absolute atomic E-state index is 0. The van der Waals surface area contributed by atoms with Gasteiger partial charge in [-0.1, -0.05) is 18.2 Å².